The average Bonchev–Trinajstić information content (AvgIpc) is 2.82. The van der Waals surface area contributed by atoms with E-state index in [2.05, 4.69) is 10.6 Å². The largest absolute Gasteiger partial charge is 0.457 e. The van der Waals surface area contributed by atoms with Gasteiger partial charge in [-0.05, 0) is 73.7 Å². The van der Waals surface area contributed by atoms with E-state index in [1.165, 1.54) is 0 Å². The highest BCUT2D eigenvalue weighted by atomic mass is 16.5. The molecule has 0 saturated carbocycles. The zero-order valence-electron chi connectivity index (χ0n) is 18.0. The van der Waals surface area contributed by atoms with Gasteiger partial charge in [0, 0.05) is 16.9 Å². The minimum Gasteiger partial charge on any atom is -0.457 e. The number of carbonyl (C=O) groups is 2. The van der Waals surface area contributed by atoms with Crippen LogP contribution < -0.4 is 21.1 Å². The molecule has 164 valence electrons. The van der Waals surface area contributed by atoms with E-state index in [0.717, 1.165) is 11.3 Å². The summed E-state index contributed by atoms with van der Waals surface area (Å²) in [5.74, 6) is 0.708. The maximum absolute atomic E-state index is 12.9. The highest BCUT2D eigenvalue weighted by Gasteiger charge is 2.14. The van der Waals surface area contributed by atoms with Crippen LogP contribution in [0.15, 0.2) is 97.1 Å². The Morgan fingerprint density at radius 2 is 1.39 bits per heavy atom. The molecule has 0 heterocycles. The summed E-state index contributed by atoms with van der Waals surface area (Å²) in [6, 6.07) is 28.3. The van der Waals surface area contributed by atoms with Crippen molar-refractivity contribution in [2.45, 2.75) is 6.92 Å². The smallest absolute Gasteiger partial charge is 0.257 e. The van der Waals surface area contributed by atoms with Crippen molar-refractivity contribution >= 4 is 28.9 Å². The van der Waals surface area contributed by atoms with E-state index in [9.17, 15) is 9.59 Å². The third-order valence-electron chi connectivity index (χ3n) is 4.94. The lowest BCUT2D eigenvalue weighted by atomic mass is 10.1. The topological polar surface area (TPSA) is 93.5 Å². The third kappa shape index (κ3) is 5.57. The molecule has 0 bridgehead atoms. The average molecular weight is 437 g/mol. The summed E-state index contributed by atoms with van der Waals surface area (Å²) in [7, 11) is 0. The van der Waals surface area contributed by atoms with E-state index in [1.54, 1.807) is 72.8 Å². The predicted molar refractivity (Wildman–Crippen MR) is 131 cm³/mol. The van der Waals surface area contributed by atoms with Crippen LogP contribution in [0.5, 0.6) is 11.5 Å². The molecule has 0 aliphatic carbocycles. The number of hydrogen-bond donors (Lipinski definition) is 3. The van der Waals surface area contributed by atoms with Crippen molar-refractivity contribution in [2.24, 2.45) is 0 Å². The normalized spacial score (nSPS) is 10.3. The lowest BCUT2D eigenvalue weighted by Gasteiger charge is -2.12. The second-order valence-corrected chi connectivity index (χ2v) is 7.52. The number of benzene rings is 4. The van der Waals surface area contributed by atoms with Crippen LogP contribution >= 0.6 is 0 Å². The molecule has 0 aliphatic heterocycles. The second-order valence-electron chi connectivity index (χ2n) is 7.52. The molecule has 4 rings (SSSR count). The molecule has 0 aromatic heterocycles. The minimum absolute atomic E-state index is 0.342. The van der Waals surface area contributed by atoms with E-state index < -0.39 is 0 Å². The Morgan fingerprint density at radius 1 is 0.727 bits per heavy atom. The van der Waals surface area contributed by atoms with Gasteiger partial charge in [-0.3, -0.25) is 9.59 Å². The number of hydrogen-bond acceptors (Lipinski definition) is 4. The fraction of sp³-hybridized carbons (Fsp3) is 0.0370. The Morgan fingerprint density at radius 3 is 2.09 bits per heavy atom. The van der Waals surface area contributed by atoms with E-state index in [-0.39, 0.29) is 11.8 Å². The molecule has 4 aromatic carbocycles. The molecule has 0 saturated heterocycles. The molecular weight excluding hydrogens is 414 g/mol. The van der Waals surface area contributed by atoms with Crippen LogP contribution in [0.4, 0.5) is 17.1 Å². The van der Waals surface area contributed by atoms with Gasteiger partial charge in [-0.1, -0.05) is 35.9 Å². The van der Waals surface area contributed by atoms with Gasteiger partial charge in [0.05, 0.1) is 11.3 Å². The molecule has 0 spiro atoms. The molecule has 4 N–H and O–H groups in total. The van der Waals surface area contributed by atoms with Crippen LogP contribution in [0.25, 0.3) is 0 Å². The molecule has 33 heavy (non-hydrogen) atoms. The van der Waals surface area contributed by atoms with Crippen molar-refractivity contribution in [3.63, 3.8) is 0 Å². The number of amides is 2. The Bertz CT molecular complexity index is 1280. The summed E-state index contributed by atoms with van der Waals surface area (Å²) in [4.78, 5) is 25.5. The van der Waals surface area contributed by atoms with Crippen LogP contribution in [0.2, 0.25) is 0 Å². The first kappa shape index (κ1) is 21.6. The molecule has 6 heteroatoms. The van der Waals surface area contributed by atoms with Crippen molar-refractivity contribution < 1.29 is 14.3 Å². The summed E-state index contributed by atoms with van der Waals surface area (Å²) in [5, 5.41) is 5.64. The van der Waals surface area contributed by atoms with Gasteiger partial charge in [-0.15, -0.1) is 0 Å². The van der Waals surface area contributed by atoms with Gasteiger partial charge in [0.1, 0.15) is 11.5 Å². The van der Waals surface area contributed by atoms with Crippen LogP contribution in [-0.2, 0) is 0 Å². The number of nitrogens with one attached hydrogen (secondary N) is 2. The number of para-hydroxylation sites is 1. The summed E-state index contributed by atoms with van der Waals surface area (Å²) < 4.78 is 5.82. The van der Waals surface area contributed by atoms with Crippen LogP contribution in [-0.4, -0.2) is 11.8 Å². The van der Waals surface area contributed by atoms with Gasteiger partial charge in [0.2, 0.25) is 0 Å². The Kier molecular flexibility index (Phi) is 6.36. The van der Waals surface area contributed by atoms with Gasteiger partial charge in [-0.2, -0.15) is 0 Å². The quantitative estimate of drug-likeness (QED) is 0.329. The SMILES string of the molecule is Cc1ccc(Oc2ccc(NC(=O)c3ccccc3NC(=O)c3cccc(N)c3)cc2)cc1. The van der Waals surface area contributed by atoms with Crippen LogP contribution in [0, 0.1) is 6.92 Å². The van der Waals surface area contributed by atoms with Gasteiger partial charge in [0.15, 0.2) is 0 Å². The monoisotopic (exact) mass is 437 g/mol. The number of nitrogens with two attached hydrogens (primary N) is 1. The molecule has 2 amide bonds. The number of rotatable bonds is 6. The van der Waals surface area contributed by atoms with E-state index in [1.807, 2.05) is 31.2 Å². The maximum Gasteiger partial charge on any atom is 0.257 e. The van der Waals surface area contributed by atoms with Crippen molar-refractivity contribution in [2.75, 3.05) is 16.4 Å². The molecule has 0 fully saturated rings. The van der Waals surface area contributed by atoms with Crippen LogP contribution in [0.1, 0.15) is 26.3 Å². The number of carbonyl (C=O) groups excluding carboxylic acids is 2. The number of ether oxygens (including phenoxy) is 1. The molecular formula is C27H23N3O3. The summed E-state index contributed by atoms with van der Waals surface area (Å²) in [6.45, 7) is 2.02. The third-order valence-corrected chi connectivity index (χ3v) is 4.94. The highest BCUT2D eigenvalue weighted by molar-refractivity contribution is 6.12. The van der Waals surface area contributed by atoms with Gasteiger partial charge in [0.25, 0.3) is 11.8 Å². The van der Waals surface area contributed by atoms with Crippen molar-refractivity contribution in [3.05, 3.63) is 114 Å². The minimum atomic E-state index is -0.347. The first-order valence-electron chi connectivity index (χ1n) is 10.4. The van der Waals surface area contributed by atoms with Crippen molar-refractivity contribution in [3.8, 4) is 11.5 Å². The van der Waals surface area contributed by atoms with Crippen molar-refractivity contribution in [1.29, 1.82) is 0 Å². The standard InChI is InChI=1S/C27H23N3O3/c1-18-9-13-22(14-10-18)33-23-15-11-21(12-16-23)29-27(32)24-7-2-3-8-25(24)30-26(31)19-5-4-6-20(28)17-19/h2-17H,28H2,1H3,(H,29,32)(H,30,31). The van der Waals surface area contributed by atoms with Crippen LogP contribution in [0.3, 0.4) is 0 Å². The fourth-order valence-electron chi connectivity index (χ4n) is 3.21. The summed E-state index contributed by atoms with van der Waals surface area (Å²) in [6.07, 6.45) is 0. The molecule has 4 aromatic rings. The van der Waals surface area contributed by atoms with E-state index in [4.69, 9.17) is 10.5 Å². The first-order valence-corrected chi connectivity index (χ1v) is 10.4. The number of anilines is 3. The number of nitrogen functional groups attached to an aromatic ring is 1. The molecule has 0 unspecified atom stereocenters. The Labute approximate surface area is 192 Å². The maximum atomic E-state index is 12.9. The fourth-order valence-corrected chi connectivity index (χ4v) is 3.21. The molecule has 0 atom stereocenters. The zero-order valence-corrected chi connectivity index (χ0v) is 18.0. The van der Waals surface area contributed by atoms with E-state index >= 15 is 0 Å². The van der Waals surface area contributed by atoms with Gasteiger partial charge < -0.3 is 21.1 Å². The molecule has 6 nitrogen and oxygen atoms in total. The Balaban J connectivity index is 1.44. The zero-order chi connectivity index (χ0) is 23.2. The van der Waals surface area contributed by atoms with E-state index in [0.29, 0.717) is 33.9 Å². The lowest BCUT2D eigenvalue weighted by molar-refractivity contribution is 0.102. The molecule has 0 radical (unpaired) electrons. The lowest BCUT2D eigenvalue weighted by Crippen LogP contribution is -2.18. The highest BCUT2D eigenvalue weighted by Crippen LogP contribution is 2.24. The molecule has 0 aliphatic rings. The summed E-state index contributed by atoms with van der Waals surface area (Å²) >= 11 is 0. The van der Waals surface area contributed by atoms with Crippen molar-refractivity contribution in [1.82, 2.24) is 0 Å². The predicted octanol–water partition coefficient (Wildman–Crippen LogP) is 5.87. The van der Waals surface area contributed by atoms with Gasteiger partial charge >= 0.3 is 0 Å². The van der Waals surface area contributed by atoms with Gasteiger partial charge in [-0.25, -0.2) is 0 Å². The summed E-state index contributed by atoms with van der Waals surface area (Å²) in [5.41, 5.74) is 9.17. The number of aryl methyl sites for hydroxylation is 1. The first-order chi connectivity index (χ1) is 16.0. The Hall–Kier alpha value is -4.58. The second kappa shape index (κ2) is 9.70.